The maximum atomic E-state index is 3.17. The van der Waals surface area contributed by atoms with Crippen molar-refractivity contribution >= 4 is 11.8 Å². The molecule has 1 radical (unpaired) electrons. The molecule has 115 valence electrons. The Labute approximate surface area is 139 Å². The average Bonchev–Trinajstić information content (AvgIpc) is 2.47. The summed E-state index contributed by atoms with van der Waals surface area (Å²) in [6.45, 7) is 11.8. The van der Waals surface area contributed by atoms with Crippen molar-refractivity contribution in [1.82, 2.24) is 0 Å². The van der Waals surface area contributed by atoms with Gasteiger partial charge in [-0.15, -0.1) is 0 Å². The highest BCUT2D eigenvalue weighted by Gasteiger charge is 2.37. The first-order valence-corrected chi connectivity index (χ1v) is 8.91. The zero-order valence-corrected chi connectivity index (χ0v) is 15.1. The van der Waals surface area contributed by atoms with E-state index in [1.807, 2.05) is 17.8 Å². The van der Waals surface area contributed by atoms with E-state index in [1.54, 1.807) is 5.56 Å². The molecule has 0 N–H and O–H groups in total. The molecule has 0 atom stereocenters. The fourth-order valence-corrected chi connectivity index (χ4v) is 4.30. The molecular weight excluding hydrogens is 284 g/mol. The van der Waals surface area contributed by atoms with Gasteiger partial charge in [0.25, 0.3) is 0 Å². The molecule has 3 rings (SSSR count). The molecule has 0 nitrogen and oxygen atoms in total. The van der Waals surface area contributed by atoms with Crippen LogP contribution in [0.15, 0.2) is 46.2 Å². The van der Waals surface area contributed by atoms with Crippen LogP contribution in [0.2, 0.25) is 0 Å². The summed E-state index contributed by atoms with van der Waals surface area (Å²) < 4.78 is 0. The van der Waals surface area contributed by atoms with Crippen LogP contribution in [-0.2, 0) is 10.8 Å². The normalized spacial score (nSPS) is 18.8. The summed E-state index contributed by atoms with van der Waals surface area (Å²) in [5, 5.41) is 0. The van der Waals surface area contributed by atoms with Crippen LogP contribution in [0.25, 0.3) is 0 Å². The zero-order valence-electron chi connectivity index (χ0n) is 14.3. The smallest absolute Gasteiger partial charge is 0.0154 e. The average molecular weight is 309 g/mol. The molecular formula is C21H25S. The van der Waals surface area contributed by atoms with Gasteiger partial charge in [0, 0.05) is 9.79 Å². The molecule has 2 aromatic carbocycles. The van der Waals surface area contributed by atoms with Gasteiger partial charge in [-0.05, 0) is 71.6 Å². The molecule has 0 saturated carbocycles. The van der Waals surface area contributed by atoms with E-state index in [2.05, 4.69) is 71.0 Å². The first kappa shape index (κ1) is 15.7. The van der Waals surface area contributed by atoms with Crippen LogP contribution in [0.4, 0.5) is 0 Å². The second-order valence-corrected chi connectivity index (χ2v) is 8.89. The van der Waals surface area contributed by atoms with Crippen LogP contribution in [0.5, 0.6) is 0 Å². The SMILES string of the molecule is Cc1cc2c(cc1Sc1c[c]ccc1)C(C)(C)CCC2(C)C. The van der Waals surface area contributed by atoms with Crippen molar-refractivity contribution in [1.29, 1.82) is 0 Å². The third-order valence-corrected chi connectivity index (χ3v) is 6.20. The largest absolute Gasteiger partial charge is 0.0898 e. The van der Waals surface area contributed by atoms with Gasteiger partial charge in [-0.3, -0.25) is 0 Å². The minimum atomic E-state index is 0.274. The molecule has 0 saturated heterocycles. The highest BCUT2D eigenvalue weighted by atomic mass is 32.2. The first-order chi connectivity index (χ1) is 10.3. The fraction of sp³-hybridized carbons (Fsp3) is 0.429. The van der Waals surface area contributed by atoms with Gasteiger partial charge in [-0.1, -0.05) is 57.7 Å². The van der Waals surface area contributed by atoms with Crippen molar-refractivity contribution < 1.29 is 0 Å². The van der Waals surface area contributed by atoms with Crippen molar-refractivity contribution in [2.45, 2.75) is 68.1 Å². The second kappa shape index (κ2) is 5.45. The van der Waals surface area contributed by atoms with Crippen LogP contribution in [0.1, 0.15) is 57.2 Å². The third kappa shape index (κ3) is 2.84. The molecule has 0 aliphatic heterocycles. The molecule has 0 spiro atoms. The van der Waals surface area contributed by atoms with Gasteiger partial charge in [0.2, 0.25) is 0 Å². The summed E-state index contributed by atoms with van der Waals surface area (Å²) in [5.41, 5.74) is 5.04. The summed E-state index contributed by atoms with van der Waals surface area (Å²) in [5.74, 6) is 0. The first-order valence-electron chi connectivity index (χ1n) is 8.09. The molecule has 22 heavy (non-hydrogen) atoms. The van der Waals surface area contributed by atoms with Crippen LogP contribution in [0, 0.1) is 13.0 Å². The van der Waals surface area contributed by atoms with Crippen molar-refractivity contribution in [3.63, 3.8) is 0 Å². The Bertz CT molecular complexity index is 681. The van der Waals surface area contributed by atoms with Gasteiger partial charge in [0.15, 0.2) is 0 Å². The van der Waals surface area contributed by atoms with E-state index in [1.165, 1.54) is 33.8 Å². The molecule has 0 fully saturated rings. The quantitative estimate of drug-likeness (QED) is 0.627. The molecule has 2 aromatic rings. The Balaban J connectivity index is 2.08. The molecule has 0 amide bonds. The van der Waals surface area contributed by atoms with E-state index in [4.69, 9.17) is 0 Å². The van der Waals surface area contributed by atoms with Crippen LogP contribution >= 0.6 is 11.8 Å². The van der Waals surface area contributed by atoms with E-state index < -0.39 is 0 Å². The minimum absolute atomic E-state index is 0.274. The Morgan fingerprint density at radius 1 is 1.00 bits per heavy atom. The molecule has 1 heteroatoms. The topological polar surface area (TPSA) is 0 Å². The predicted molar refractivity (Wildman–Crippen MR) is 95.9 cm³/mol. The number of aryl methyl sites for hydroxylation is 1. The Hall–Kier alpha value is -1.21. The van der Waals surface area contributed by atoms with Gasteiger partial charge < -0.3 is 0 Å². The van der Waals surface area contributed by atoms with E-state index in [0.717, 1.165) is 0 Å². The summed E-state index contributed by atoms with van der Waals surface area (Å²) in [7, 11) is 0. The van der Waals surface area contributed by atoms with Gasteiger partial charge >= 0.3 is 0 Å². The van der Waals surface area contributed by atoms with Crippen molar-refractivity contribution in [2.75, 3.05) is 0 Å². The number of rotatable bonds is 2. The number of benzene rings is 2. The second-order valence-electron chi connectivity index (χ2n) is 7.77. The third-order valence-electron chi connectivity index (χ3n) is 5.05. The van der Waals surface area contributed by atoms with Crippen molar-refractivity contribution in [3.8, 4) is 0 Å². The van der Waals surface area contributed by atoms with Gasteiger partial charge in [-0.2, -0.15) is 0 Å². The lowest BCUT2D eigenvalue weighted by atomic mass is 9.63. The standard InChI is InChI=1S/C21H25S/c1-15-13-17-18(21(4,5)12-11-20(17,2)3)14-19(15)22-16-9-7-6-8-10-16/h6-7,9-10,13-14H,11-12H2,1-5H3. The summed E-state index contributed by atoms with van der Waals surface area (Å²) in [4.78, 5) is 2.64. The predicted octanol–water partition coefficient (Wildman–Crippen LogP) is 6.30. The summed E-state index contributed by atoms with van der Waals surface area (Å²) >= 11 is 1.86. The molecule has 1 aliphatic carbocycles. The highest BCUT2D eigenvalue weighted by Crippen LogP contribution is 2.48. The van der Waals surface area contributed by atoms with Crippen molar-refractivity contribution in [3.05, 3.63) is 59.2 Å². The Morgan fingerprint density at radius 2 is 1.64 bits per heavy atom. The van der Waals surface area contributed by atoms with E-state index >= 15 is 0 Å². The summed E-state index contributed by atoms with van der Waals surface area (Å²) in [6, 6.07) is 16.3. The Kier molecular flexibility index (Phi) is 3.89. The van der Waals surface area contributed by atoms with E-state index in [0.29, 0.717) is 5.41 Å². The molecule has 0 bridgehead atoms. The molecule has 1 aliphatic rings. The van der Waals surface area contributed by atoms with Crippen LogP contribution in [-0.4, -0.2) is 0 Å². The molecule has 0 heterocycles. The fourth-order valence-electron chi connectivity index (χ4n) is 3.38. The lowest BCUT2D eigenvalue weighted by Crippen LogP contribution is -2.34. The molecule has 0 unspecified atom stereocenters. The maximum Gasteiger partial charge on any atom is 0.0154 e. The van der Waals surface area contributed by atoms with E-state index in [-0.39, 0.29) is 5.41 Å². The number of fused-ring (bicyclic) bond motifs is 1. The number of hydrogen-bond acceptors (Lipinski definition) is 1. The van der Waals surface area contributed by atoms with Crippen LogP contribution in [0.3, 0.4) is 0 Å². The minimum Gasteiger partial charge on any atom is -0.0898 e. The monoisotopic (exact) mass is 309 g/mol. The van der Waals surface area contributed by atoms with Gasteiger partial charge in [0.1, 0.15) is 0 Å². The van der Waals surface area contributed by atoms with Gasteiger partial charge in [-0.25, -0.2) is 0 Å². The number of hydrogen-bond donors (Lipinski definition) is 0. The van der Waals surface area contributed by atoms with Crippen LogP contribution < -0.4 is 0 Å². The highest BCUT2D eigenvalue weighted by molar-refractivity contribution is 7.99. The zero-order chi connectivity index (χ0) is 16.0. The van der Waals surface area contributed by atoms with E-state index in [9.17, 15) is 0 Å². The lowest BCUT2D eigenvalue weighted by molar-refractivity contribution is 0.331. The van der Waals surface area contributed by atoms with Crippen molar-refractivity contribution in [2.24, 2.45) is 0 Å². The molecule has 0 aromatic heterocycles. The maximum absolute atomic E-state index is 3.17. The Morgan fingerprint density at radius 3 is 2.23 bits per heavy atom. The summed E-state index contributed by atoms with van der Waals surface area (Å²) in [6.07, 6.45) is 2.53. The van der Waals surface area contributed by atoms with Gasteiger partial charge in [0.05, 0.1) is 0 Å². The lowest BCUT2D eigenvalue weighted by Gasteiger charge is -2.42.